The first-order valence-electron chi connectivity index (χ1n) is 4.69. The summed E-state index contributed by atoms with van der Waals surface area (Å²) in [6.07, 6.45) is -0.941. The molecule has 5 nitrogen and oxygen atoms in total. The summed E-state index contributed by atoms with van der Waals surface area (Å²) in [4.78, 5) is 4.02. The lowest BCUT2D eigenvalue weighted by Gasteiger charge is -1.98. The molecule has 1 aromatic heterocycles. The Kier molecular flexibility index (Phi) is 3.19. The van der Waals surface area contributed by atoms with Crippen LogP contribution in [0.25, 0.3) is 11.4 Å². The molecule has 16 heavy (non-hydrogen) atoms. The molecule has 1 heterocycles. The smallest absolute Gasteiger partial charge is 0.257 e. The van der Waals surface area contributed by atoms with Gasteiger partial charge in [-0.25, -0.2) is 0 Å². The summed E-state index contributed by atoms with van der Waals surface area (Å²) in [5, 5.41) is 13.7. The highest BCUT2D eigenvalue weighted by Gasteiger charge is 2.16. The van der Waals surface area contributed by atoms with Crippen molar-refractivity contribution < 1.29 is 9.63 Å². The molecule has 0 spiro atoms. The van der Waals surface area contributed by atoms with Crippen LogP contribution in [0.15, 0.2) is 28.8 Å². The largest absolute Gasteiger partial charge is 0.382 e. The fraction of sp³-hybridized carbons (Fsp3) is 0.200. The maximum atomic E-state index is 9.40. The summed E-state index contributed by atoms with van der Waals surface area (Å²) in [6, 6.07) is 7.12. The van der Waals surface area contributed by atoms with Gasteiger partial charge in [0.2, 0.25) is 5.82 Å². The van der Waals surface area contributed by atoms with Crippen molar-refractivity contribution in [3.05, 3.63) is 35.2 Å². The molecule has 0 saturated carbocycles. The maximum absolute atomic E-state index is 9.40. The summed E-state index contributed by atoms with van der Waals surface area (Å²) in [7, 11) is 0. The molecule has 0 aliphatic rings. The molecule has 0 aliphatic carbocycles. The number of hydrogen-bond donors (Lipinski definition) is 2. The molecule has 2 rings (SSSR count). The van der Waals surface area contributed by atoms with Crippen molar-refractivity contribution in [2.24, 2.45) is 5.73 Å². The van der Waals surface area contributed by atoms with E-state index in [4.69, 9.17) is 21.9 Å². The molecular weight excluding hydrogens is 230 g/mol. The Labute approximate surface area is 96.8 Å². The minimum Gasteiger partial charge on any atom is -0.382 e. The van der Waals surface area contributed by atoms with Crippen molar-refractivity contribution in [1.29, 1.82) is 0 Å². The van der Waals surface area contributed by atoms with Crippen molar-refractivity contribution in [2.45, 2.75) is 6.10 Å². The molecule has 84 valence electrons. The van der Waals surface area contributed by atoms with Gasteiger partial charge in [0, 0.05) is 12.1 Å². The van der Waals surface area contributed by atoms with Crippen molar-refractivity contribution >= 4 is 11.6 Å². The van der Waals surface area contributed by atoms with E-state index < -0.39 is 6.10 Å². The van der Waals surface area contributed by atoms with E-state index in [2.05, 4.69) is 10.1 Å². The molecule has 3 N–H and O–H groups in total. The number of aliphatic hydroxyl groups is 1. The summed E-state index contributed by atoms with van der Waals surface area (Å²) in [5.74, 6) is 0.436. The summed E-state index contributed by atoms with van der Waals surface area (Å²) in [6.45, 7) is 0.0319. The van der Waals surface area contributed by atoms with Crippen LogP contribution < -0.4 is 5.73 Å². The van der Waals surface area contributed by atoms with Gasteiger partial charge in [0.15, 0.2) is 0 Å². The maximum Gasteiger partial charge on any atom is 0.257 e. The van der Waals surface area contributed by atoms with Crippen LogP contribution in [0, 0.1) is 0 Å². The molecule has 0 bridgehead atoms. The van der Waals surface area contributed by atoms with Crippen molar-refractivity contribution in [2.75, 3.05) is 6.54 Å². The molecule has 1 aromatic carbocycles. The number of aliphatic hydroxyl groups excluding tert-OH is 1. The van der Waals surface area contributed by atoms with Crippen LogP contribution in [-0.2, 0) is 0 Å². The molecule has 0 amide bonds. The van der Waals surface area contributed by atoms with E-state index in [-0.39, 0.29) is 12.4 Å². The van der Waals surface area contributed by atoms with Crippen LogP contribution in [0.5, 0.6) is 0 Å². The van der Waals surface area contributed by atoms with E-state index in [9.17, 15) is 5.11 Å². The zero-order valence-corrected chi connectivity index (χ0v) is 9.05. The van der Waals surface area contributed by atoms with Gasteiger partial charge < -0.3 is 15.4 Å². The van der Waals surface area contributed by atoms with E-state index in [0.29, 0.717) is 16.4 Å². The van der Waals surface area contributed by atoms with E-state index in [1.54, 1.807) is 12.1 Å². The van der Waals surface area contributed by atoms with E-state index >= 15 is 0 Å². The molecule has 0 fully saturated rings. The van der Waals surface area contributed by atoms with Crippen molar-refractivity contribution in [3.8, 4) is 11.4 Å². The average molecular weight is 240 g/mol. The van der Waals surface area contributed by atoms with Crippen molar-refractivity contribution in [1.82, 2.24) is 10.1 Å². The molecule has 0 aliphatic heterocycles. The normalized spacial score (nSPS) is 12.7. The van der Waals surface area contributed by atoms with Crippen LogP contribution in [0.1, 0.15) is 12.0 Å². The summed E-state index contributed by atoms with van der Waals surface area (Å²) >= 11 is 5.97. The predicted octanol–water partition coefficient (Wildman–Crippen LogP) is 1.38. The van der Waals surface area contributed by atoms with Crippen LogP contribution in [-0.4, -0.2) is 21.8 Å². The third-order valence-electron chi connectivity index (χ3n) is 2.06. The van der Waals surface area contributed by atoms with Gasteiger partial charge in [0.05, 0.1) is 5.02 Å². The monoisotopic (exact) mass is 239 g/mol. The van der Waals surface area contributed by atoms with E-state index in [1.165, 1.54) is 0 Å². The van der Waals surface area contributed by atoms with Crippen LogP contribution >= 0.6 is 11.6 Å². The Morgan fingerprint density at radius 3 is 2.88 bits per heavy atom. The molecule has 2 aromatic rings. The third-order valence-corrected chi connectivity index (χ3v) is 2.39. The van der Waals surface area contributed by atoms with E-state index in [1.807, 2.05) is 12.1 Å². The SMILES string of the molecule is NCC(O)c1nc(-c2ccccc2Cl)no1. The second-order valence-corrected chi connectivity index (χ2v) is 3.59. The minimum atomic E-state index is -0.941. The van der Waals surface area contributed by atoms with Gasteiger partial charge in [-0.1, -0.05) is 28.9 Å². The van der Waals surface area contributed by atoms with Gasteiger partial charge in [-0.15, -0.1) is 0 Å². The van der Waals surface area contributed by atoms with Gasteiger partial charge in [0.1, 0.15) is 6.10 Å². The topological polar surface area (TPSA) is 85.2 Å². The highest BCUT2D eigenvalue weighted by atomic mass is 35.5. The molecule has 1 atom stereocenters. The lowest BCUT2D eigenvalue weighted by molar-refractivity contribution is 0.141. The Hall–Kier alpha value is -1.43. The molecule has 6 heteroatoms. The fourth-order valence-electron chi connectivity index (χ4n) is 1.22. The van der Waals surface area contributed by atoms with Crippen LogP contribution in [0.2, 0.25) is 5.02 Å². The standard InChI is InChI=1S/C10H10ClN3O2/c11-7-4-2-1-3-6(7)9-13-10(16-14-9)8(15)5-12/h1-4,8,15H,5,12H2. The lowest BCUT2D eigenvalue weighted by atomic mass is 10.2. The minimum absolute atomic E-state index is 0.0319. The van der Waals surface area contributed by atoms with Gasteiger partial charge in [0.25, 0.3) is 5.89 Å². The molecule has 1 unspecified atom stereocenters. The summed E-state index contributed by atoms with van der Waals surface area (Å²) < 4.78 is 4.88. The highest BCUT2D eigenvalue weighted by molar-refractivity contribution is 6.33. The Morgan fingerprint density at radius 2 is 2.19 bits per heavy atom. The van der Waals surface area contributed by atoms with Crippen LogP contribution in [0.4, 0.5) is 0 Å². The number of hydrogen-bond acceptors (Lipinski definition) is 5. The van der Waals surface area contributed by atoms with Crippen molar-refractivity contribution in [3.63, 3.8) is 0 Å². The van der Waals surface area contributed by atoms with E-state index in [0.717, 1.165) is 0 Å². The average Bonchev–Trinajstić information content (AvgIpc) is 2.78. The highest BCUT2D eigenvalue weighted by Crippen LogP contribution is 2.25. The number of aromatic nitrogens is 2. The second kappa shape index (κ2) is 4.61. The molecule has 0 radical (unpaired) electrons. The van der Waals surface area contributed by atoms with Gasteiger partial charge in [-0.2, -0.15) is 4.98 Å². The van der Waals surface area contributed by atoms with Gasteiger partial charge >= 0.3 is 0 Å². The van der Waals surface area contributed by atoms with Gasteiger partial charge in [-0.05, 0) is 12.1 Å². The predicted molar refractivity (Wildman–Crippen MR) is 58.8 cm³/mol. The van der Waals surface area contributed by atoms with Gasteiger partial charge in [-0.3, -0.25) is 0 Å². The number of benzene rings is 1. The zero-order chi connectivity index (χ0) is 11.5. The number of halogens is 1. The Balaban J connectivity index is 2.35. The summed E-state index contributed by atoms with van der Waals surface area (Å²) in [5.41, 5.74) is 5.93. The Morgan fingerprint density at radius 1 is 1.44 bits per heavy atom. The number of nitrogens with zero attached hydrogens (tertiary/aromatic N) is 2. The second-order valence-electron chi connectivity index (χ2n) is 3.19. The van der Waals surface area contributed by atoms with Crippen LogP contribution in [0.3, 0.4) is 0 Å². The quantitative estimate of drug-likeness (QED) is 0.845. The third kappa shape index (κ3) is 2.06. The number of nitrogens with two attached hydrogens (primary N) is 1. The number of rotatable bonds is 3. The first-order chi connectivity index (χ1) is 7.72. The zero-order valence-electron chi connectivity index (χ0n) is 8.30. The lowest BCUT2D eigenvalue weighted by Crippen LogP contribution is -2.11. The first-order valence-corrected chi connectivity index (χ1v) is 5.07. The molecular formula is C10H10ClN3O2. The Bertz CT molecular complexity index is 486. The fourth-order valence-corrected chi connectivity index (χ4v) is 1.44. The first kappa shape index (κ1) is 11.1. The molecule has 0 saturated heterocycles.